The van der Waals surface area contributed by atoms with Gasteiger partial charge in [0.2, 0.25) is 5.91 Å². The zero-order chi connectivity index (χ0) is 18.6. The molecule has 1 aromatic rings. The third-order valence-electron chi connectivity index (χ3n) is 4.17. The molecular weight excluding hydrogens is 332 g/mol. The molecule has 1 heterocycles. The fraction of sp³-hybridized carbons (Fsp3) is 0.467. The van der Waals surface area contributed by atoms with Crippen molar-refractivity contribution in [1.82, 2.24) is 4.90 Å². The Kier molecular flexibility index (Phi) is 6.02. The van der Waals surface area contributed by atoms with Crippen molar-refractivity contribution in [2.45, 2.75) is 24.6 Å². The van der Waals surface area contributed by atoms with E-state index in [0.717, 1.165) is 0 Å². The Morgan fingerprint density at radius 2 is 2.16 bits per heavy atom. The van der Waals surface area contributed by atoms with Gasteiger partial charge in [-0.1, -0.05) is 5.16 Å². The van der Waals surface area contributed by atoms with E-state index in [1.165, 1.54) is 31.4 Å². The lowest BCUT2D eigenvalue weighted by atomic mass is 10.00. The topological polar surface area (TPSA) is 152 Å². The van der Waals surface area contributed by atoms with Crippen LogP contribution < -0.4 is 5.73 Å². The standard InChI is InChI=1S/C15H20N4O6/c1-25-17-10-6-12(15(16)22)18(7-10)13(8-20)14(21)9-2-4-11(5-3-9)19(23)24/h2-5,12-14,20-21H,6-8H2,1H3,(H2,16,22)/t12?,13-,14-/m0/s1. The summed E-state index contributed by atoms with van der Waals surface area (Å²) in [6.45, 7) is -0.237. The van der Waals surface area contributed by atoms with Crippen LogP contribution in [0, 0.1) is 10.1 Å². The summed E-state index contributed by atoms with van der Waals surface area (Å²) in [5.41, 5.74) is 6.26. The van der Waals surface area contributed by atoms with E-state index in [0.29, 0.717) is 11.3 Å². The number of nitrogens with two attached hydrogens (primary N) is 1. The number of aliphatic hydroxyl groups is 2. The zero-order valence-electron chi connectivity index (χ0n) is 13.6. The van der Waals surface area contributed by atoms with Gasteiger partial charge in [0.05, 0.1) is 35.4 Å². The predicted octanol–water partition coefficient (Wildman–Crippen LogP) is -0.449. The molecule has 3 atom stereocenters. The number of nitro benzene ring substituents is 1. The summed E-state index contributed by atoms with van der Waals surface area (Å²) in [6.07, 6.45) is -0.929. The molecule has 0 spiro atoms. The molecule has 1 aliphatic rings. The number of hydrogen-bond acceptors (Lipinski definition) is 8. The Bertz CT molecular complexity index is 662. The molecule has 0 aliphatic carbocycles. The van der Waals surface area contributed by atoms with Crippen molar-refractivity contribution in [3.05, 3.63) is 39.9 Å². The number of carbonyl (C=O) groups is 1. The van der Waals surface area contributed by atoms with Gasteiger partial charge >= 0.3 is 0 Å². The molecule has 1 unspecified atom stereocenters. The van der Waals surface area contributed by atoms with Crippen molar-refractivity contribution in [3.8, 4) is 0 Å². The van der Waals surface area contributed by atoms with E-state index in [1.54, 1.807) is 4.90 Å². The van der Waals surface area contributed by atoms with Crippen LogP contribution in [0.2, 0.25) is 0 Å². The fourth-order valence-corrected chi connectivity index (χ4v) is 2.94. The highest BCUT2D eigenvalue weighted by molar-refractivity contribution is 5.95. The Morgan fingerprint density at radius 1 is 1.52 bits per heavy atom. The van der Waals surface area contributed by atoms with Crippen LogP contribution in [0.25, 0.3) is 0 Å². The number of non-ortho nitro benzene ring substituents is 1. The molecule has 136 valence electrons. The molecular formula is C15H20N4O6. The van der Waals surface area contributed by atoms with Crippen molar-refractivity contribution >= 4 is 17.3 Å². The van der Waals surface area contributed by atoms with Crippen molar-refractivity contribution in [2.24, 2.45) is 10.9 Å². The van der Waals surface area contributed by atoms with Gasteiger partial charge in [0.1, 0.15) is 7.11 Å². The predicted molar refractivity (Wildman–Crippen MR) is 87.7 cm³/mol. The third kappa shape index (κ3) is 4.10. The number of likely N-dealkylation sites (tertiary alicyclic amines) is 1. The van der Waals surface area contributed by atoms with Crippen LogP contribution in [0.15, 0.2) is 29.4 Å². The number of primary amides is 1. The minimum Gasteiger partial charge on any atom is -0.399 e. The van der Waals surface area contributed by atoms with E-state index in [-0.39, 0.29) is 18.7 Å². The van der Waals surface area contributed by atoms with E-state index in [2.05, 4.69) is 5.16 Å². The van der Waals surface area contributed by atoms with Crippen molar-refractivity contribution < 1.29 is 24.8 Å². The van der Waals surface area contributed by atoms with Crippen LogP contribution in [-0.4, -0.2) is 64.0 Å². The Hall–Kier alpha value is -2.56. The summed E-state index contributed by atoms with van der Waals surface area (Å²) in [5, 5.41) is 34.9. The average molecular weight is 352 g/mol. The number of amides is 1. The second-order valence-corrected chi connectivity index (χ2v) is 5.68. The number of carbonyl (C=O) groups excluding carboxylic acids is 1. The molecule has 1 saturated heterocycles. The molecule has 0 saturated carbocycles. The van der Waals surface area contributed by atoms with Crippen molar-refractivity contribution in [1.29, 1.82) is 0 Å². The summed E-state index contributed by atoms with van der Waals surface area (Å²) in [5.74, 6) is -0.601. The highest BCUT2D eigenvalue weighted by Crippen LogP contribution is 2.28. The molecule has 2 rings (SSSR count). The van der Waals surface area contributed by atoms with E-state index < -0.39 is 35.6 Å². The minimum absolute atomic E-state index is 0.109. The second kappa shape index (κ2) is 8.01. The maximum Gasteiger partial charge on any atom is 0.269 e. The number of nitro groups is 1. The third-order valence-corrected chi connectivity index (χ3v) is 4.17. The largest absolute Gasteiger partial charge is 0.399 e. The molecule has 10 heteroatoms. The smallest absolute Gasteiger partial charge is 0.269 e. The monoisotopic (exact) mass is 352 g/mol. The van der Waals surface area contributed by atoms with Gasteiger partial charge in [-0.2, -0.15) is 0 Å². The molecule has 0 bridgehead atoms. The SMILES string of the molecule is CON=C1CC(C(N)=O)N([C@@H](CO)[C@@H](O)c2ccc([N+](=O)[O-])cc2)C1. The normalized spacial score (nSPS) is 21.9. The summed E-state index contributed by atoms with van der Waals surface area (Å²) >= 11 is 0. The van der Waals surface area contributed by atoms with Crippen LogP contribution in [0.4, 0.5) is 5.69 Å². The second-order valence-electron chi connectivity index (χ2n) is 5.68. The first-order chi connectivity index (χ1) is 11.9. The van der Waals surface area contributed by atoms with Crippen molar-refractivity contribution in [2.75, 3.05) is 20.3 Å². The quantitative estimate of drug-likeness (QED) is 0.444. The van der Waals surface area contributed by atoms with Gasteiger partial charge in [-0.25, -0.2) is 0 Å². The van der Waals surface area contributed by atoms with Gasteiger partial charge in [-0.3, -0.25) is 19.8 Å². The lowest BCUT2D eigenvalue weighted by molar-refractivity contribution is -0.384. The minimum atomic E-state index is -1.17. The molecule has 1 aromatic carbocycles. The van der Waals surface area contributed by atoms with E-state index in [9.17, 15) is 25.1 Å². The lowest BCUT2D eigenvalue weighted by Gasteiger charge is -2.33. The molecule has 4 N–H and O–H groups in total. The molecule has 0 radical (unpaired) electrons. The first-order valence-corrected chi connectivity index (χ1v) is 7.56. The Morgan fingerprint density at radius 3 is 2.64 bits per heavy atom. The number of hydrogen-bond donors (Lipinski definition) is 3. The average Bonchev–Trinajstić information content (AvgIpc) is 3.00. The van der Waals surface area contributed by atoms with Gasteiger partial charge in [0, 0.05) is 25.1 Å². The maximum atomic E-state index is 11.7. The first kappa shape index (κ1) is 18.8. The summed E-state index contributed by atoms with van der Waals surface area (Å²) in [4.78, 5) is 28.2. The Balaban J connectivity index is 2.25. The molecule has 10 nitrogen and oxygen atoms in total. The van der Waals surface area contributed by atoms with Gasteiger partial charge in [-0.05, 0) is 17.7 Å². The lowest BCUT2D eigenvalue weighted by Crippen LogP contribution is -2.50. The molecule has 0 aromatic heterocycles. The highest BCUT2D eigenvalue weighted by atomic mass is 16.6. The molecule has 1 amide bonds. The summed E-state index contributed by atoms with van der Waals surface area (Å²) < 4.78 is 0. The van der Waals surface area contributed by atoms with Crippen molar-refractivity contribution in [3.63, 3.8) is 0 Å². The van der Waals surface area contributed by atoms with Gasteiger partial charge in [0.25, 0.3) is 5.69 Å². The number of rotatable bonds is 7. The summed E-state index contributed by atoms with van der Waals surface area (Å²) in [7, 11) is 1.38. The highest BCUT2D eigenvalue weighted by Gasteiger charge is 2.40. The fourth-order valence-electron chi connectivity index (χ4n) is 2.94. The zero-order valence-corrected chi connectivity index (χ0v) is 13.6. The number of benzene rings is 1. The van der Waals surface area contributed by atoms with Crippen LogP contribution in [0.5, 0.6) is 0 Å². The van der Waals surface area contributed by atoms with Gasteiger partial charge in [-0.15, -0.1) is 0 Å². The van der Waals surface area contributed by atoms with E-state index in [4.69, 9.17) is 10.6 Å². The molecule has 25 heavy (non-hydrogen) atoms. The van der Waals surface area contributed by atoms with E-state index >= 15 is 0 Å². The molecule has 1 aliphatic heterocycles. The summed E-state index contributed by atoms with van der Waals surface area (Å²) in [6, 6.07) is 3.78. The number of nitrogens with zero attached hydrogens (tertiary/aromatic N) is 3. The Labute approximate surface area is 143 Å². The number of oxime groups is 1. The van der Waals surface area contributed by atoms with Crippen LogP contribution in [0.1, 0.15) is 18.1 Å². The first-order valence-electron chi connectivity index (χ1n) is 7.56. The number of aliphatic hydroxyl groups excluding tert-OH is 2. The van der Waals surface area contributed by atoms with E-state index in [1.807, 2.05) is 0 Å². The maximum absolute atomic E-state index is 11.7. The molecule has 1 fully saturated rings. The van der Waals surface area contributed by atoms with Crippen LogP contribution in [-0.2, 0) is 9.63 Å². The van der Waals surface area contributed by atoms with Gasteiger partial charge in [0.15, 0.2) is 0 Å². The van der Waals surface area contributed by atoms with Crippen LogP contribution >= 0.6 is 0 Å². The van der Waals surface area contributed by atoms with Gasteiger partial charge < -0.3 is 20.8 Å². The van der Waals surface area contributed by atoms with Crippen LogP contribution in [0.3, 0.4) is 0 Å².